The van der Waals surface area contributed by atoms with Gasteiger partial charge in [-0.1, -0.05) is 0 Å². The molecule has 0 saturated heterocycles. The van der Waals surface area contributed by atoms with E-state index in [1.54, 1.807) is 0 Å². The van der Waals surface area contributed by atoms with Gasteiger partial charge in [-0.3, -0.25) is 4.72 Å². The van der Waals surface area contributed by atoms with Gasteiger partial charge in [0.1, 0.15) is 9.77 Å². The van der Waals surface area contributed by atoms with Crippen molar-refractivity contribution in [2.75, 3.05) is 33.2 Å². The number of nitrogens with one attached hydrogen (secondary N) is 1. The third kappa shape index (κ3) is 4.14. The minimum Gasteiger partial charge on any atom is -0.493 e. The standard InChI is InChI=1S/C16H17NO8S2/c1-22-11-7-9(15(18)24-3)10(8-12(11)23-2)17-27(20,21)13-5-6-26-14(13)16(19)25-4/h5-8,17H,1-4H3. The minimum atomic E-state index is -4.21. The number of sulfonamides is 1. The van der Waals surface area contributed by atoms with Gasteiger partial charge in [-0.05, 0) is 11.4 Å². The van der Waals surface area contributed by atoms with Gasteiger partial charge in [0.15, 0.2) is 11.5 Å². The van der Waals surface area contributed by atoms with Crippen LogP contribution in [0.5, 0.6) is 11.5 Å². The zero-order valence-electron chi connectivity index (χ0n) is 14.9. The highest BCUT2D eigenvalue weighted by Crippen LogP contribution is 2.35. The molecule has 0 aliphatic carbocycles. The molecule has 0 amide bonds. The van der Waals surface area contributed by atoms with Crippen LogP contribution in [0.2, 0.25) is 0 Å². The molecule has 1 aromatic heterocycles. The van der Waals surface area contributed by atoms with Gasteiger partial charge in [-0.2, -0.15) is 0 Å². The van der Waals surface area contributed by atoms with Gasteiger partial charge in [0, 0.05) is 12.1 Å². The Labute approximate surface area is 159 Å². The first-order valence-corrected chi connectivity index (χ1v) is 9.68. The summed E-state index contributed by atoms with van der Waals surface area (Å²) in [5.74, 6) is -1.16. The highest BCUT2D eigenvalue weighted by Gasteiger charge is 2.27. The summed E-state index contributed by atoms with van der Waals surface area (Å²) in [6.07, 6.45) is 0. The molecule has 0 radical (unpaired) electrons. The Bertz CT molecular complexity index is 965. The first-order chi connectivity index (χ1) is 12.8. The van der Waals surface area contributed by atoms with Crippen molar-refractivity contribution in [1.82, 2.24) is 0 Å². The van der Waals surface area contributed by atoms with Crippen LogP contribution in [0.1, 0.15) is 20.0 Å². The quantitative estimate of drug-likeness (QED) is 0.684. The molecule has 27 heavy (non-hydrogen) atoms. The van der Waals surface area contributed by atoms with Crippen molar-refractivity contribution in [3.05, 3.63) is 34.0 Å². The Morgan fingerprint density at radius 3 is 2.11 bits per heavy atom. The summed E-state index contributed by atoms with van der Waals surface area (Å²) in [6.45, 7) is 0. The topological polar surface area (TPSA) is 117 Å². The van der Waals surface area contributed by atoms with E-state index < -0.39 is 22.0 Å². The number of hydrogen-bond donors (Lipinski definition) is 1. The fourth-order valence-corrected chi connectivity index (χ4v) is 4.60. The third-order valence-electron chi connectivity index (χ3n) is 3.46. The second-order valence-electron chi connectivity index (χ2n) is 4.96. The average molecular weight is 415 g/mol. The van der Waals surface area contributed by atoms with Gasteiger partial charge in [0.25, 0.3) is 10.0 Å². The van der Waals surface area contributed by atoms with Crippen LogP contribution in [0.25, 0.3) is 0 Å². The maximum Gasteiger partial charge on any atom is 0.349 e. The third-order valence-corrected chi connectivity index (χ3v) is 5.89. The molecule has 0 unspecified atom stereocenters. The van der Waals surface area contributed by atoms with Crippen molar-refractivity contribution in [3.8, 4) is 11.5 Å². The number of ether oxygens (including phenoxy) is 4. The first kappa shape index (κ1) is 20.5. The first-order valence-electron chi connectivity index (χ1n) is 7.32. The molecular weight excluding hydrogens is 398 g/mol. The van der Waals surface area contributed by atoms with E-state index >= 15 is 0 Å². The van der Waals surface area contributed by atoms with E-state index in [1.807, 2.05) is 0 Å². The molecule has 0 aliphatic heterocycles. The SMILES string of the molecule is COC(=O)c1cc(OC)c(OC)cc1NS(=O)(=O)c1ccsc1C(=O)OC. The van der Waals surface area contributed by atoms with Crippen LogP contribution in [-0.2, 0) is 19.5 Å². The molecule has 11 heteroatoms. The molecule has 1 aromatic carbocycles. The number of rotatable bonds is 7. The van der Waals surface area contributed by atoms with E-state index in [1.165, 1.54) is 37.8 Å². The number of thiophene rings is 1. The van der Waals surface area contributed by atoms with E-state index in [0.717, 1.165) is 25.6 Å². The van der Waals surface area contributed by atoms with Crippen molar-refractivity contribution in [2.24, 2.45) is 0 Å². The molecule has 0 aliphatic rings. The highest BCUT2D eigenvalue weighted by atomic mass is 32.2. The molecule has 0 atom stereocenters. The summed E-state index contributed by atoms with van der Waals surface area (Å²) in [5.41, 5.74) is -0.185. The van der Waals surface area contributed by atoms with Gasteiger partial charge < -0.3 is 18.9 Å². The second kappa shape index (κ2) is 8.27. The number of anilines is 1. The molecular formula is C16H17NO8S2. The van der Waals surface area contributed by atoms with E-state index in [0.29, 0.717) is 0 Å². The van der Waals surface area contributed by atoms with E-state index in [2.05, 4.69) is 9.46 Å². The van der Waals surface area contributed by atoms with Crippen LogP contribution in [0.3, 0.4) is 0 Å². The molecule has 0 saturated carbocycles. The average Bonchev–Trinajstić information content (AvgIpc) is 3.17. The van der Waals surface area contributed by atoms with Crippen LogP contribution >= 0.6 is 11.3 Å². The van der Waals surface area contributed by atoms with Gasteiger partial charge in [-0.15, -0.1) is 11.3 Å². The van der Waals surface area contributed by atoms with Gasteiger partial charge in [0.05, 0.1) is 39.7 Å². The fraction of sp³-hybridized carbons (Fsp3) is 0.250. The van der Waals surface area contributed by atoms with Crippen LogP contribution < -0.4 is 14.2 Å². The molecule has 2 rings (SSSR count). The molecule has 1 N–H and O–H groups in total. The highest BCUT2D eigenvalue weighted by molar-refractivity contribution is 7.93. The predicted molar refractivity (Wildman–Crippen MR) is 97.4 cm³/mol. The van der Waals surface area contributed by atoms with E-state index in [9.17, 15) is 18.0 Å². The fourth-order valence-electron chi connectivity index (χ4n) is 2.19. The van der Waals surface area contributed by atoms with Crippen LogP contribution in [-0.4, -0.2) is 48.8 Å². The Balaban J connectivity index is 2.57. The summed E-state index contributed by atoms with van der Waals surface area (Å²) >= 11 is 0.918. The predicted octanol–water partition coefficient (Wildman–Crippen LogP) is 2.14. The summed E-state index contributed by atoms with van der Waals surface area (Å²) in [5, 5.41) is 1.44. The lowest BCUT2D eigenvalue weighted by Crippen LogP contribution is -2.18. The maximum absolute atomic E-state index is 12.8. The number of carbonyl (C=O) groups is 2. The lowest BCUT2D eigenvalue weighted by molar-refractivity contribution is 0.0593. The summed E-state index contributed by atoms with van der Waals surface area (Å²) in [4.78, 5) is 23.5. The molecule has 9 nitrogen and oxygen atoms in total. The van der Waals surface area contributed by atoms with Crippen molar-refractivity contribution < 1.29 is 37.0 Å². The Hall–Kier alpha value is -2.79. The van der Waals surface area contributed by atoms with Crippen LogP contribution in [0.15, 0.2) is 28.5 Å². The summed E-state index contributed by atoms with van der Waals surface area (Å²) < 4.78 is 47.4. The normalized spacial score (nSPS) is 10.8. The van der Waals surface area contributed by atoms with Crippen molar-refractivity contribution >= 4 is 39.0 Å². The molecule has 1 heterocycles. The number of esters is 2. The van der Waals surface area contributed by atoms with Gasteiger partial charge in [-0.25, -0.2) is 18.0 Å². The van der Waals surface area contributed by atoms with Crippen LogP contribution in [0.4, 0.5) is 5.69 Å². The van der Waals surface area contributed by atoms with Crippen molar-refractivity contribution in [2.45, 2.75) is 4.90 Å². The lowest BCUT2D eigenvalue weighted by atomic mass is 10.1. The van der Waals surface area contributed by atoms with Gasteiger partial charge >= 0.3 is 11.9 Å². The van der Waals surface area contributed by atoms with Crippen molar-refractivity contribution in [1.29, 1.82) is 0 Å². The summed E-state index contributed by atoms with van der Waals surface area (Å²) in [7, 11) is 0.833. The minimum absolute atomic E-state index is 0.0893. The molecule has 0 fully saturated rings. The Morgan fingerprint density at radius 1 is 0.963 bits per heavy atom. The van der Waals surface area contributed by atoms with E-state index in [-0.39, 0.29) is 32.5 Å². The Morgan fingerprint density at radius 2 is 1.56 bits per heavy atom. The number of hydrogen-bond acceptors (Lipinski definition) is 9. The number of methoxy groups -OCH3 is 4. The summed E-state index contributed by atoms with van der Waals surface area (Å²) in [6, 6.07) is 3.84. The number of benzene rings is 1. The molecule has 0 bridgehead atoms. The van der Waals surface area contributed by atoms with Crippen LogP contribution in [0, 0.1) is 0 Å². The lowest BCUT2D eigenvalue weighted by Gasteiger charge is -2.15. The van der Waals surface area contributed by atoms with Gasteiger partial charge in [0.2, 0.25) is 0 Å². The molecule has 0 spiro atoms. The Kier molecular flexibility index (Phi) is 6.28. The monoisotopic (exact) mass is 415 g/mol. The molecule has 2 aromatic rings. The number of carbonyl (C=O) groups excluding carboxylic acids is 2. The van der Waals surface area contributed by atoms with Crippen molar-refractivity contribution in [3.63, 3.8) is 0 Å². The zero-order valence-corrected chi connectivity index (χ0v) is 16.5. The zero-order chi connectivity index (χ0) is 20.2. The maximum atomic E-state index is 12.8. The second-order valence-corrected chi connectivity index (χ2v) is 7.52. The largest absolute Gasteiger partial charge is 0.493 e. The van der Waals surface area contributed by atoms with E-state index in [4.69, 9.17) is 14.2 Å². The molecule has 146 valence electrons. The smallest absolute Gasteiger partial charge is 0.349 e.